The summed E-state index contributed by atoms with van der Waals surface area (Å²) < 4.78 is 5.44. The van der Waals surface area contributed by atoms with Gasteiger partial charge in [-0.15, -0.1) is 10.2 Å². The van der Waals surface area contributed by atoms with Crippen molar-refractivity contribution >= 4 is 0 Å². The van der Waals surface area contributed by atoms with Gasteiger partial charge in [0, 0.05) is 25.4 Å². The second-order valence-corrected chi connectivity index (χ2v) is 3.70. The van der Waals surface area contributed by atoms with Gasteiger partial charge in [-0.3, -0.25) is 0 Å². The lowest BCUT2D eigenvalue weighted by molar-refractivity contribution is 0.437. The molecule has 0 atom stereocenters. The van der Waals surface area contributed by atoms with Crippen LogP contribution < -0.4 is 5.32 Å². The Morgan fingerprint density at radius 2 is 1.86 bits per heavy atom. The first-order chi connectivity index (χ1) is 6.72. The number of hydrogen-bond donors (Lipinski definition) is 1. The highest BCUT2D eigenvalue weighted by molar-refractivity contribution is 4.82. The van der Waals surface area contributed by atoms with Crippen molar-refractivity contribution in [1.82, 2.24) is 15.5 Å². The van der Waals surface area contributed by atoms with E-state index >= 15 is 0 Å². The van der Waals surface area contributed by atoms with E-state index in [4.69, 9.17) is 4.42 Å². The summed E-state index contributed by atoms with van der Waals surface area (Å²) in [6, 6.07) is 0.507. The van der Waals surface area contributed by atoms with Gasteiger partial charge in [-0.1, -0.05) is 20.8 Å². The maximum Gasteiger partial charge on any atom is 0.217 e. The molecule has 0 aromatic carbocycles. The molecule has 4 heteroatoms. The van der Waals surface area contributed by atoms with Gasteiger partial charge in [0.2, 0.25) is 11.8 Å². The summed E-state index contributed by atoms with van der Waals surface area (Å²) in [5.74, 6) is 1.49. The fourth-order valence-electron chi connectivity index (χ4n) is 1.17. The van der Waals surface area contributed by atoms with Gasteiger partial charge in [-0.05, 0) is 6.42 Å². The van der Waals surface area contributed by atoms with Crippen LogP contribution in [0.2, 0.25) is 0 Å². The van der Waals surface area contributed by atoms with Gasteiger partial charge in [0.05, 0.1) is 0 Å². The molecular formula is C10H19N3O. The molecule has 0 aliphatic carbocycles. The second-order valence-electron chi connectivity index (χ2n) is 3.70. The lowest BCUT2D eigenvalue weighted by Gasteiger charge is -2.04. The molecule has 0 spiro atoms. The number of rotatable bonds is 6. The fourth-order valence-corrected chi connectivity index (χ4v) is 1.17. The number of hydrogen-bond acceptors (Lipinski definition) is 4. The Labute approximate surface area is 85.1 Å². The molecule has 1 N–H and O–H groups in total. The molecule has 1 aromatic heterocycles. The van der Waals surface area contributed by atoms with Crippen LogP contribution in [0, 0.1) is 0 Å². The predicted octanol–water partition coefficient (Wildman–Crippen LogP) is 1.56. The zero-order valence-electron chi connectivity index (χ0n) is 9.21. The lowest BCUT2D eigenvalue weighted by atomic mass is 10.3. The van der Waals surface area contributed by atoms with Crippen LogP contribution >= 0.6 is 0 Å². The summed E-state index contributed by atoms with van der Waals surface area (Å²) in [7, 11) is 0. The molecule has 1 aromatic rings. The average molecular weight is 197 g/mol. The molecule has 14 heavy (non-hydrogen) atoms. The Balaban J connectivity index is 2.28. The molecule has 80 valence electrons. The third-order valence-electron chi connectivity index (χ3n) is 1.86. The zero-order chi connectivity index (χ0) is 10.4. The number of aromatic nitrogens is 2. The topological polar surface area (TPSA) is 51.0 Å². The number of nitrogens with zero attached hydrogens (tertiary/aromatic N) is 2. The van der Waals surface area contributed by atoms with Gasteiger partial charge in [-0.25, -0.2) is 0 Å². The predicted molar refractivity (Wildman–Crippen MR) is 55.1 cm³/mol. The van der Waals surface area contributed by atoms with Crippen LogP contribution in [0.1, 0.15) is 39.0 Å². The van der Waals surface area contributed by atoms with Crippen molar-refractivity contribution < 1.29 is 4.42 Å². The first kappa shape index (κ1) is 11.2. The largest absolute Gasteiger partial charge is 0.425 e. The number of aryl methyl sites for hydroxylation is 1. The van der Waals surface area contributed by atoms with Crippen molar-refractivity contribution in [3.05, 3.63) is 11.8 Å². The van der Waals surface area contributed by atoms with Gasteiger partial charge in [0.1, 0.15) is 0 Å². The van der Waals surface area contributed by atoms with Crippen LogP contribution in [0.3, 0.4) is 0 Å². The van der Waals surface area contributed by atoms with Crippen molar-refractivity contribution in [2.45, 2.75) is 46.1 Å². The Morgan fingerprint density at radius 3 is 2.43 bits per heavy atom. The van der Waals surface area contributed by atoms with E-state index in [1.165, 1.54) is 0 Å². The molecule has 4 nitrogen and oxygen atoms in total. The minimum atomic E-state index is 0.507. The molecule has 1 rings (SSSR count). The van der Waals surface area contributed by atoms with E-state index in [2.05, 4.69) is 36.3 Å². The quantitative estimate of drug-likeness (QED) is 0.752. The van der Waals surface area contributed by atoms with E-state index in [9.17, 15) is 0 Å². The van der Waals surface area contributed by atoms with E-state index in [-0.39, 0.29) is 0 Å². The highest BCUT2D eigenvalue weighted by Gasteiger charge is 2.04. The highest BCUT2D eigenvalue weighted by Crippen LogP contribution is 2.02. The third kappa shape index (κ3) is 3.87. The van der Waals surface area contributed by atoms with Crippen molar-refractivity contribution in [3.8, 4) is 0 Å². The van der Waals surface area contributed by atoms with Gasteiger partial charge >= 0.3 is 0 Å². The smallest absolute Gasteiger partial charge is 0.217 e. The zero-order valence-corrected chi connectivity index (χ0v) is 9.21. The third-order valence-corrected chi connectivity index (χ3v) is 1.86. The Morgan fingerprint density at radius 1 is 1.21 bits per heavy atom. The first-order valence-electron chi connectivity index (χ1n) is 5.27. The summed E-state index contributed by atoms with van der Waals surface area (Å²) in [6.45, 7) is 7.24. The molecule has 0 amide bonds. The molecule has 0 saturated carbocycles. The number of nitrogens with one attached hydrogen (secondary N) is 1. The van der Waals surface area contributed by atoms with E-state index < -0.39 is 0 Å². The maximum atomic E-state index is 5.44. The Bertz CT molecular complexity index is 258. The first-order valence-corrected chi connectivity index (χ1v) is 5.27. The van der Waals surface area contributed by atoms with Crippen LogP contribution in [0.15, 0.2) is 4.42 Å². The Hall–Kier alpha value is -0.900. The standard InChI is InChI=1S/C10H19N3O/c1-4-5-9-12-13-10(14-9)6-7-11-8(2)3/h8,11H,4-7H2,1-3H3. The van der Waals surface area contributed by atoms with E-state index in [0.29, 0.717) is 6.04 Å². The maximum absolute atomic E-state index is 5.44. The van der Waals surface area contributed by atoms with Crippen LogP contribution in [0.25, 0.3) is 0 Å². The normalized spacial score (nSPS) is 11.1. The van der Waals surface area contributed by atoms with Gasteiger partial charge < -0.3 is 9.73 Å². The Kier molecular flexibility index (Phi) is 4.59. The molecular weight excluding hydrogens is 178 g/mol. The second kappa shape index (κ2) is 5.75. The highest BCUT2D eigenvalue weighted by atomic mass is 16.4. The SMILES string of the molecule is CCCc1nnc(CCNC(C)C)o1. The monoisotopic (exact) mass is 197 g/mol. The molecule has 0 bridgehead atoms. The van der Waals surface area contributed by atoms with E-state index in [1.54, 1.807) is 0 Å². The van der Waals surface area contributed by atoms with Gasteiger partial charge in [0.15, 0.2) is 0 Å². The molecule has 0 unspecified atom stereocenters. The van der Waals surface area contributed by atoms with E-state index in [0.717, 1.165) is 37.6 Å². The molecule has 1 heterocycles. The lowest BCUT2D eigenvalue weighted by Crippen LogP contribution is -2.25. The molecule has 0 saturated heterocycles. The summed E-state index contributed by atoms with van der Waals surface area (Å²) >= 11 is 0. The van der Waals surface area contributed by atoms with E-state index in [1.807, 2.05) is 0 Å². The fraction of sp³-hybridized carbons (Fsp3) is 0.800. The molecule has 0 radical (unpaired) electrons. The van der Waals surface area contributed by atoms with Gasteiger partial charge in [-0.2, -0.15) is 0 Å². The van der Waals surface area contributed by atoms with Crippen molar-refractivity contribution in [3.63, 3.8) is 0 Å². The van der Waals surface area contributed by atoms with Crippen molar-refractivity contribution in [1.29, 1.82) is 0 Å². The van der Waals surface area contributed by atoms with Gasteiger partial charge in [0.25, 0.3) is 0 Å². The minimum Gasteiger partial charge on any atom is -0.425 e. The molecule has 0 fully saturated rings. The van der Waals surface area contributed by atoms with Crippen molar-refractivity contribution in [2.75, 3.05) is 6.54 Å². The molecule has 0 aliphatic rings. The minimum absolute atomic E-state index is 0.507. The molecule has 0 aliphatic heterocycles. The van der Waals surface area contributed by atoms with Crippen LogP contribution in [0.4, 0.5) is 0 Å². The summed E-state index contributed by atoms with van der Waals surface area (Å²) in [4.78, 5) is 0. The van der Waals surface area contributed by atoms with Crippen LogP contribution in [-0.4, -0.2) is 22.8 Å². The van der Waals surface area contributed by atoms with Crippen molar-refractivity contribution in [2.24, 2.45) is 0 Å². The van der Waals surface area contributed by atoms with Crippen LogP contribution in [-0.2, 0) is 12.8 Å². The average Bonchev–Trinajstić information content (AvgIpc) is 2.53. The van der Waals surface area contributed by atoms with Crippen LogP contribution in [0.5, 0.6) is 0 Å². The summed E-state index contributed by atoms with van der Waals surface area (Å²) in [5, 5.41) is 11.2. The summed E-state index contributed by atoms with van der Waals surface area (Å²) in [5.41, 5.74) is 0. The summed E-state index contributed by atoms with van der Waals surface area (Å²) in [6.07, 6.45) is 2.74.